The van der Waals surface area contributed by atoms with Gasteiger partial charge in [0, 0.05) is 19.7 Å². The van der Waals surface area contributed by atoms with Crippen molar-refractivity contribution < 1.29 is 4.74 Å². The highest BCUT2D eigenvalue weighted by Crippen LogP contribution is 2.17. The second-order valence-corrected chi connectivity index (χ2v) is 4.73. The van der Waals surface area contributed by atoms with Gasteiger partial charge in [0.1, 0.15) is 5.69 Å². The number of ether oxygens (including phenoxy) is 1. The number of benzene rings is 1. The van der Waals surface area contributed by atoms with Crippen LogP contribution in [0.4, 0.5) is 5.95 Å². The van der Waals surface area contributed by atoms with Gasteiger partial charge in [-0.2, -0.15) is 19.6 Å². The fraction of sp³-hybridized carbons (Fsp3) is 0.214. The van der Waals surface area contributed by atoms with Gasteiger partial charge < -0.3 is 9.64 Å². The van der Waals surface area contributed by atoms with Crippen LogP contribution in [0.5, 0.6) is 6.01 Å². The molecule has 3 aromatic rings. The molecule has 1 aromatic carbocycles. The predicted molar refractivity (Wildman–Crippen MR) is 81.1 cm³/mol. The van der Waals surface area contributed by atoms with Crippen LogP contribution in [0, 0.1) is 0 Å². The van der Waals surface area contributed by atoms with E-state index in [1.54, 1.807) is 11.1 Å². The fourth-order valence-corrected chi connectivity index (χ4v) is 1.83. The molecule has 0 aliphatic heterocycles. The lowest BCUT2D eigenvalue weighted by atomic mass is 10.2. The lowest BCUT2D eigenvalue weighted by Gasteiger charge is -2.11. The molecule has 0 saturated carbocycles. The molecule has 0 aliphatic carbocycles. The van der Waals surface area contributed by atoms with Gasteiger partial charge in [-0.05, 0) is 0 Å². The van der Waals surface area contributed by atoms with Gasteiger partial charge in [-0.25, -0.2) is 0 Å². The number of hydrogen-bond acceptors (Lipinski definition) is 7. The number of anilines is 1. The van der Waals surface area contributed by atoms with E-state index in [1.165, 1.54) is 11.8 Å². The first-order valence-electron chi connectivity index (χ1n) is 6.63. The number of nitrogens with zero attached hydrogens (tertiary/aromatic N) is 7. The normalized spacial score (nSPS) is 10.5. The van der Waals surface area contributed by atoms with Crippen LogP contribution in [-0.2, 0) is 0 Å². The van der Waals surface area contributed by atoms with Gasteiger partial charge in [0.25, 0.3) is 5.95 Å². The van der Waals surface area contributed by atoms with Crippen LogP contribution >= 0.6 is 0 Å². The summed E-state index contributed by atoms with van der Waals surface area (Å²) in [7, 11) is 5.19. The van der Waals surface area contributed by atoms with Crippen molar-refractivity contribution in [3.8, 4) is 23.2 Å². The van der Waals surface area contributed by atoms with E-state index in [1.807, 2.05) is 44.4 Å². The van der Waals surface area contributed by atoms with Crippen LogP contribution in [0.3, 0.4) is 0 Å². The zero-order chi connectivity index (χ0) is 15.5. The van der Waals surface area contributed by atoms with Gasteiger partial charge in [-0.1, -0.05) is 35.5 Å². The molecule has 0 amide bonds. The minimum atomic E-state index is 0.227. The molecule has 0 atom stereocenters. The van der Waals surface area contributed by atoms with Crippen LogP contribution in [-0.4, -0.2) is 51.2 Å². The van der Waals surface area contributed by atoms with Crippen LogP contribution < -0.4 is 9.64 Å². The van der Waals surface area contributed by atoms with Crippen molar-refractivity contribution >= 4 is 5.95 Å². The Morgan fingerprint density at radius 2 is 1.82 bits per heavy atom. The predicted octanol–water partition coefficient (Wildman–Crippen LogP) is 1.19. The van der Waals surface area contributed by atoms with Crippen LogP contribution in [0.25, 0.3) is 17.2 Å². The molecule has 0 saturated heterocycles. The van der Waals surface area contributed by atoms with E-state index in [-0.39, 0.29) is 6.01 Å². The summed E-state index contributed by atoms with van der Waals surface area (Å²) in [6, 6.07) is 10.0. The summed E-state index contributed by atoms with van der Waals surface area (Å²) in [6.45, 7) is 0. The summed E-state index contributed by atoms with van der Waals surface area (Å²) >= 11 is 0. The van der Waals surface area contributed by atoms with Crippen molar-refractivity contribution in [1.82, 2.24) is 29.9 Å². The van der Waals surface area contributed by atoms with Crippen molar-refractivity contribution in [3.05, 3.63) is 36.5 Å². The van der Waals surface area contributed by atoms with Crippen LogP contribution in [0.1, 0.15) is 0 Å². The Kier molecular flexibility index (Phi) is 3.65. The highest BCUT2D eigenvalue weighted by atomic mass is 16.5. The topological polar surface area (TPSA) is 81.9 Å². The van der Waals surface area contributed by atoms with Crippen molar-refractivity contribution in [1.29, 1.82) is 0 Å². The molecule has 2 aromatic heterocycles. The third-order valence-corrected chi connectivity index (χ3v) is 2.94. The molecule has 0 spiro atoms. The third kappa shape index (κ3) is 2.71. The Morgan fingerprint density at radius 3 is 2.50 bits per heavy atom. The number of methoxy groups -OCH3 is 1. The Morgan fingerprint density at radius 1 is 1.05 bits per heavy atom. The van der Waals surface area contributed by atoms with E-state index in [2.05, 4.69) is 25.3 Å². The maximum Gasteiger partial charge on any atom is 0.322 e. The molecule has 22 heavy (non-hydrogen) atoms. The third-order valence-electron chi connectivity index (χ3n) is 2.94. The van der Waals surface area contributed by atoms with Crippen molar-refractivity contribution in [2.75, 3.05) is 26.1 Å². The Balaban J connectivity index is 2.01. The maximum atomic E-state index is 5.11. The molecule has 8 nitrogen and oxygen atoms in total. The van der Waals surface area contributed by atoms with Crippen LogP contribution in [0.2, 0.25) is 0 Å². The first kappa shape index (κ1) is 13.9. The molecule has 0 fully saturated rings. The Labute approximate surface area is 127 Å². The largest absolute Gasteiger partial charge is 0.467 e. The minimum absolute atomic E-state index is 0.227. The monoisotopic (exact) mass is 297 g/mol. The molecule has 0 bridgehead atoms. The smallest absolute Gasteiger partial charge is 0.322 e. The minimum Gasteiger partial charge on any atom is -0.467 e. The molecular formula is C14H15N7O. The Hall–Kier alpha value is -3.03. The number of aromatic nitrogens is 6. The van der Waals surface area contributed by atoms with Gasteiger partial charge in [0.2, 0.25) is 5.95 Å². The summed E-state index contributed by atoms with van der Waals surface area (Å²) < 4.78 is 6.61. The van der Waals surface area contributed by atoms with E-state index in [0.717, 1.165) is 11.3 Å². The van der Waals surface area contributed by atoms with E-state index in [0.29, 0.717) is 11.9 Å². The van der Waals surface area contributed by atoms with Gasteiger partial charge in [0.15, 0.2) is 0 Å². The fourth-order valence-electron chi connectivity index (χ4n) is 1.83. The summed E-state index contributed by atoms with van der Waals surface area (Å²) in [4.78, 5) is 14.5. The van der Waals surface area contributed by atoms with Gasteiger partial charge in [0.05, 0.1) is 13.3 Å². The Bertz CT molecular complexity index is 770. The van der Waals surface area contributed by atoms with Crippen LogP contribution in [0.15, 0.2) is 36.5 Å². The number of hydrogen-bond donors (Lipinski definition) is 0. The quantitative estimate of drug-likeness (QED) is 0.715. The maximum absolute atomic E-state index is 5.11. The van der Waals surface area contributed by atoms with Gasteiger partial charge >= 0.3 is 6.01 Å². The molecule has 8 heteroatoms. The highest BCUT2D eigenvalue weighted by molar-refractivity contribution is 5.57. The summed E-state index contributed by atoms with van der Waals surface area (Å²) in [6.07, 6.45) is 1.77. The zero-order valence-electron chi connectivity index (χ0n) is 12.5. The van der Waals surface area contributed by atoms with Crippen molar-refractivity contribution in [3.63, 3.8) is 0 Å². The van der Waals surface area contributed by atoms with Crippen molar-refractivity contribution in [2.45, 2.75) is 0 Å². The van der Waals surface area contributed by atoms with Crippen molar-refractivity contribution in [2.24, 2.45) is 0 Å². The highest BCUT2D eigenvalue weighted by Gasteiger charge is 2.12. The van der Waals surface area contributed by atoms with E-state index in [9.17, 15) is 0 Å². The summed E-state index contributed by atoms with van der Waals surface area (Å²) in [5.74, 6) is 0.837. The summed E-state index contributed by atoms with van der Waals surface area (Å²) in [5, 5.41) is 8.23. The summed E-state index contributed by atoms with van der Waals surface area (Å²) in [5.41, 5.74) is 1.72. The molecule has 0 unspecified atom stereocenters. The molecular weight excluding hydrogens is 282 g/mol. The second kappa shape index (κ2) is 5.76. The molecule has 0 N–H and O–H groups in total. The van der Waals surface area contributed by atoms with E-state index in [4.69, 9.17) is 4.74 Å². The average molecular weight is 297 g/mol. The van der Waals surface area contributed by atoms with E-state index >= 15 is 0 Å². The second-order valence-electron chi connectivity index (χ2n) is 4.73. The zero-order valence-corrected chi connectivity index (χ0v) is 12.5. The lowest BCUT2D eigenvalue weighted by Crippen LogP contribution is -2.16. The molecule has 3 rings (SSSR count). The number of rotatable bonds is 4. The average Bonchev–Trinajstić information content (AvgIpc) is 3.05. The first-order chi connectivity index (χ1) is 10.7. The first-order valence-corrected chi connectivity index (χ1v) is 6.63. The standard InChI is InChI=1S/C14H15N7O/c1-20(2)12-15-13(17-14(16-12)22-3)21-9-11(18-19-21)10-7-5-4-6-8-10/h4-9H,1-3H3. The van der Waals surface area contributed by atoms with Gasteiger partial charge in [-0.15, -0.1) is 5.10 Å². The lowest BCUT2D eigenvalue weighted by molar-refractivity contribution is 0.377. The SMILES string of the molecule is COc1nc(N(C)C)nc(-n2cc(-c3ccccc3)nn2)n1. The molecule has 0 aliphatic rings. The molecule has 2 heterocycles. The molecule has 112 valence electrons. The molecule has 0 radical (unpaired) electrons. The van der Waals surface area contributed by atoms with Gasteiger partial charge in [-0.3, -0.25) is 0 Å². The van der Waals surface area contributed by atoms with E-state index < -0.39 is 0 Å².